The molecule has 0 fully saturated rings. The summed E-state index contributed by atoms with van der Waals surface area (Å²) in [6, 6.07) is 28.0. The third kappa shape index (κ3) is 3.17. The first-order valence-corrected chi connectivity index (χ1v) is 25.0. The first-order valence-electron chi connectivity index (χ1n) is 11.6. The van der Waals surface area contributed by atoms with Gasteiger partial charge in [0.2, 0.25) is 0 Å². The molecule has 1 atom stereocenters. The van der Waals surface area contributed by atoms with Gasteiger partial charge in [0.15, 0.2) is 0 Å². The van der Waals surface area contributed by atoms with E-state index in [1.54, 1.807) is 0 Å². The number of halogens is 3. The second-order valence-corrected chi connectivity index (χ2v) is 36.5. The number of benzene rings is 4. The van der Waals surface area contributed by atoms with E-state index in [4.69, 9.17) is 26.4 Å². The number of fused-ring (bicyclic) bond motifs is 8. The Morgan fingerprint density at radius 2 is 1.60 bits per heavy atom. The van der Waals surface area contributed by atoms with Gasteiger partial charge in [-0.1, -0.05) is 0 Å². The quantitative estimate of drug-likeness (QED) is 0.189. The Hall–Kier alpha value is -1.29. The van der Waals surface area contributed by atoms with Crippen LogP contribution in [0.25, 0.3) is 22.8 Å². The standard InChI is InChI=1S/C16H11BrN.C13H9.2ClH.H2S.Zr/c1-18-15-5-3-2-4-13(15)14-9-10-8-11(17)6-7-12(10)16(14)18;1-3-7-12-10(5-1)9-11-6-2-4-8-13(11)12;;;;/h2-4,6-9,16H,1H3;1-7H,9H2;2*1H;1H2;/q;;;;;+3/p-3. The molecular weight excluding hydrogens is 636 g/mol. The van der Waals surface area contributed by atoms with Gasteiger partial charge in [-0.25, -0.2) is 0 Å². The molecule has 35 heavy (non-hydrogen) atoms. The predicted octanol–water partition coefficient (Wildman–Crippen LogP) is 7.86. The van der Waals surface area contributed by atoms with Crippen LogP contribution < -0.4 is 11.4 Å². The molecule has 0 N–H and O–H groups in total. The van der Waals surface area contributed by atoms with Crippen molar-refractivity contribution in [1.29, 1.82) is 0 Å². The normalized spacial score (nSPS) is 18.2. The van der Waals surface area contributed by atoms with Crippen LogP contribution in [0.1, 0.15) is 33.9 Å². The van der Waals surface area contributed by atoms with Crippen molar-refractivity contribution < 1.29 is 14.9 Å². The average molecular weight is 658 g/mol. The van der Waals surface area contributed by atoms with E-state index in [2.05, 4.69) is 113 Å². The molecule has 0 saturated carbocycles. The fourth-order valence-electron chi connectivity index (χ4n) is 6.29. The molecule has 3 aliphatic rings. The summed E-state index contributed by atoms with van der Waals surface area (Å²) in [5.41, 5.74) is 11.2. The molecule has 7 rings (SSSR count). The van der Waals surface area contributed by atoms with Crippen LogP contribution in [0.2, 0.25) is 0 Å². The van der Waals surface area contributed by atoms with Crippen molar-refractivity contribution >= 4 is 66.2 Å². The Kier molecular flexibility index (Phi) is 4.98. The summed E-state index contributed by atoms with van der Waals surface area (Å²) in [5.74, 6) is 0. The van der Waals surface area contributed by atoms with Gasteiger partial charge in [-0.15, -0.1) is 0 Å². The van der Waals surface area contributed by atoms with Gasteiger partial charge < -0.3 is 0 Å². The monoisotopic (exact) mass is 654 g/mol. The molecular formula is C29H21BrCl2NSZr. The van der Waals surface area contributed by atoms with E-state index < -0.39 is 14.9 Å². The first kappa shape index (κ1) is 22.9. The van der Waals surface area contributed by atoms with Gasteiger partial charge in [-0.05, 0) is 0 Å². The van der Waals surface area contributed by atoms with Gasteiger partial charge in [-0.3, -0.25) is 0 Å². The number of nitrogens with zero attached hydrogens (tertiary/aromatic N) is 1. The van der Waals surface area contributed by atoms with E-state index in [1.807, 2.05) is 0 Å². The van der Waals surface area contributed by atoms with Crippen LogP contribution in [0.15, 0.2) is 83.3 Å². The fourth-order valence-corrected chi connectivity index (χ4v) is 18.6. The molecule has 1 aliphatic heterocycles. The zero-order chi connectivity index (χ0) is 24.1. The summed E-state index contributed by atoms with van der Waals surface area (Å²) in [4.78, 5) is 2.35. The fraction of sp³-hybridized carbons (Fsp3) is 0.103. The molecule has 0 spiro atoms. The van der Waals surface area contributed by atoms with Crippen molar-refractivity contribution in [1.82, 2.24) is 0 Å². The molecule has 2 aliphatic carbocycles. The summed E-state index contributed by atoms with van der Waals surface area (Å²) < 4.78 is 3.09. The van der Waals surface area contributed by atoms with E-state index >= 15 is 0 Å². The zero-order valence-corrected chi connectivity index (χ0v) is 25.3. The van der Waals surface area contributed by atoms with Crippen molar-refractivity contribution in [3.8, 4) is 11.1 Å². The van der Waals surface area contributed by atoms with Crippen molar-refractivity contribution in [2.75, 3.05) is 11.9 Å². The van der Waals surface area contributed by atoms with Crippen molar-refractivity contribution in [2.45, 2.75) is 12.5 Å². The van der Waals surface area contributed by atoms with Crippen LogP contribution in [0.4, 0.5) is 5.69 Å². The molecule has 1 nitrogen and oxygen atoms in total. The van der Waals surface area contributed by atoms with E-state index in [0.717, 1.165) is 23.1 Å². The topological polar surface area (TPSA) is 3.24 Å². The first-order chi connectivity index (χ1) is 16.7. The molecule has 0 bridgehead atoms. The summed E-state index contributed by atoms with van der Waals surface area (Å²) in [6.07, 6.45) is 3.21. The molecule has 1 heterocycles. The number of hydrogen-bond donors (Lipinski definition) is 1. The predicted molar refractivity (Wildman–Crippen MR) is 154 cm³/mol. The van der Waals surface area contributed by atoms with Crippen LogP contribution in [-0.2, 0) is 21.4 Å². The van der Waals surface area contributed by atoms with E-state index in [1.165, 1.54) is 44.5 Å². The van der Waals surface area contributed by atoms with Crippen LogP contribution in [0.5, 0.6) is 0 Å². The van der Waals surface area contributed by atoms with Gasteiger partial charge >= 0.3 is 228 Å². The summed E-state index contributed by atoms with van der Waals surface area (Å²) in [6.45, 7) is 0. The zero-order valence-electron chi connectivity index (χ0n) is 18.9. The number of para-hydroxylation sites is 1. The van der Waals surface area contributed by atoms with Crippen molar-refractivity contribution in [3.63, 3.8) is 0 Å². The van der Waals surface area contributed by atoms with Crippen LogP contribution in [0, 0.1) is 0 Å². The van der Waals surface area contributed by atoms with Gasteiger partial charge in [0.25, 0.3) is 0 Å². The molecule has 4 aromatic rings. The third-order valence-electron chi connectivity index (χ3n) is 7.77. The van der Waals surface area contributed by atoms with Crippen LogP contribution >= 0.6 is 42.3 Å². The maximum atomic E-state index is 7.71. The Morgan fingerprint density at radius 1 is 0.886 bits per heavy atom. The van der Waals surface area contributed by atoms with Gasteiger partial charge in [0.05, 0.1) is 0 Å². The van der Waals surface area contributed by atoms with E-state index in [0.29, 0.717) is 0 Å². The number of thiol groups is 1. The maximum absolute atomic E-state index is 7.71. The second kappa shape index (κ2) is 7.62. The number of anilines is 1. The third-order valence-corrected chi connectivity index (χ3v) is 22.5. The molecule has 1 unspecified atom stereocenters. The number of likely N-dealkylation sites (N-methyl/N-ethyl adjacent to an activating group) is 1. The minimum atomic E-state index is -5.02. The van der Waals surface area contributed by atoms with Gasteiger partial charge in [-0.2, -0.15) is 0 Å². The molecule has 6 heteroatoms. The van der Waals surface area contributed by atoms with Gasteiger partial charge in [0.1, 0.15) is 0 Å². The Morgan fingerprint density at radius 3 is 2.46 bits per heavy atom. The molecule has 0 saturated heterocycles. The summed E-state index contributed by atoms with van der Waals surface area (Å²) >= 11 is -1.40. The molecule has 0 amide bonds. The van der Waals surface area contributed by atoms with E-state index in [-0.39, 0.29) is 6.04 Å². The molecule has 0 aromatic heterocycles. The summed E-state index contributed by atoms with van der Waals surface area (Å²) in [5, 5.41) is 0. The van der Waals surface area contributed by atoms with Gasteiger partial charge in [0, 0.05) is 0 Å². The molecule has 173 valence electrons. The SMILES string of the molecule is CN1c2c(ccc[c]2[Zr]([SH])([Cl])([Cl])[c]2cccc3c2-c2ccccc2C3)C2=Cc3cc(Br)ccc3C21. The van der Waals surface area contributed by atoms with Crippen LogP contribution in [-0.4, -0.2) is 7.05 Å². The second-order valence-electron chi connectivity index (χ2n) is 9.73. The molecule has 4 aromatic carbocycles. The van der Waals surface area contributed by atoms with Crippen molar-refractivity contribution in [3.05, 3.63) is 111 Å². The summed E-state index contributed by atoms with van der Waals surface area (Å²) in [7, 11) is 22.9. The minimum absolute atomic E-state index is 0.156. The molecule has 0 radical (unpaired) electrons. The van der Waals surface area contributed by atoms with E-state index in [9.17, 15) is 0 Å². The Labute approximate surface area is 225 Å². The number of hydrogen-bond acceptors (Lipinski definition) is 2. The average Bonchev–Trinajstić information content (AvgIpc) is 3.48. The number of rotatable bonds is 2. The van der Waals surface area contributed by atoms with Crippen LogP contribution in [0.3, 0.4) is 0 Å². The Bertz CT molecular complexity index is 1620. The van der Waals surface area contributed by atoms with Crippen molar-refractivity contribution in [2.24, 2.45) is 0 Å². The Balaban J connectivity index is 1.46.